The molecule has 0 saturated carbocycles. The van der Waals surface area contributed by atoms with Crippen molar-refractivity contribution in [3.05, 3.63) is 228 Å². The van der Waals surface area contributed by atoms with Crippen LogP contribution in [0.1, 0.15) is 35.1 Å². The summed E-state index contributed by atoms with van der Waals surface area (Å²) in [5, 5.41) is 0. The van der Waals surface area contributed by atoms with E-state index in [4.69, 9.17) is 0 Å². The first-order chi connectivity index (χ1) is 24.8. The predicted molar refractivity (Wildman–Crippen MR) is 210 cm³/mol. The van der Waals surface area contributed by atoms with Crippen molar-refractivity contribution in [2.24, 2.45) is 0 Å². The second kappa shape index (κ2) is 12.7. The molecular weight excluding hydrogens is 603 g/mol. The van der Waals surface area contributed by atoms with Gasteiger partial charge in [-0.25, -0.2) is 0 Å². The summed E-state index contributed by atoms with van der Waals surface area (Å²) >= 11 is 0. The SMILES string of the molecule is C1=CC2=C(CC1)C(c1ccccc1)(c1ccc(-c3ccc(N(c4ccccc4)c4ccc(-c5ccccc5)cc4)cc3)cc1)c1ccccc12. The van der Waals surface area contributed by atoms with Gasteiger partial charge in [0.15, 0.2) is 0 Å². The maximum Gasteiger partial charge on any atom is 0.0676 e. The fraction of sp³-hybridized carbons (Fsp3) is 0.0612. The molecule has 1 unspecified atom stereocenters. The van der Waals surface area contributed by atoms with Crippen molar-refractivity contribution in [1.29, 1.82) is 0 Å². The number of anilines is 3. The van der Waals surface area contributed by atoms with E-state index in [2.05, 4.69) is 205 Å². The lowest BCUT2D eigenvalue weighted by Crippen LogP contribution is -2.30. The summed E-state index contributed by atoms with van der Waals surface area (Å²) in [6, 6.07) is 68.5. The third-order valence-electron chi connectivity index (χ3n) is 10.5. The zero-order chi connectivity index (χ0) is 33.3. The van der Waals surface area contributed by atoms with Gasteiger partial charge >= 0.3 is 0 Å². The van der Waals surface area contributed by atoms with E-state index < -0.39 is 0 Å². The third-order valence-corrected chi connectivity index (χ3v) is 10.5. The Labute approximate surface area is 295 Å². The van der Waals surface area contributed by atoms with Crippen LogP contribution in [0.25, 0.3) is 27.8 Å². The molecule has 0 saturated heterocycles. The van der Waals surface area contributed by atoms with Crippen molar-refractivity contribution in [2.45, 2.75) is 18.3 Å². The Balaban J connectivity index is 1.08. The van der Waals surface area contributed by atoms with Crippen LogP contribution in [0.4, 0.5) is 17.1 Å². The largest absolute Gasteiger partial charge is 0.311 e. The van der Waals surface area contributed by atoms with Crippen LogP contribution in [0.5, 0.6) is 0 Å². The molecule has 0 bridgehead atoms. The van der Waals surface area contributed by atoms with Gasteiger partial charge in [-0.15, -0.1) is 0 Å². The van der Waals surface area contributed by atoms with Gasteiger partial charge in [0.25, 0.3) is 0 Å². The number of nitrogens with zero attached hydrogens (tertiary/aromatic N) is 1. The normalized spacial score (nSPS) is 16.2. The minimum atomic E-state index is -0.299. The van der Waals surface area contributed by atoms with Crippen LogP contribution < -0.4 is 4.90 Å². The molecule has 0 aromatic heterocycles. The highest BCUT2D eigenvalue weighted by Gasteiger charge is 2.47. The van der Waals surface area contributed by atoms with Gasteiger partial charge < -0.3 is 4.90 Å². The highest BCUT2D eigenvalue weighted by atomic mass is 15.1. The summed E-state index contributed by atoms with van der Waals surface area (Å²) in [6.45, 7) is 0. The van der Waals surface area contributed by atoms with Gasteiger partial charge in [-0.3, -0.25) is 0 Å². The van der Waals surface area contributed by atoms with Crippen LogP contribution in [0.15, 0.2) is 206 Å². The molecule has 50 heavy (non-hydrogen) atoms. The molecule has 1 nitrogen and oxygen atoms in total. The van der Waals surface area contributed by atoms with Gasteiger partial charge in [-0.05, 0) is 105 Å². The lowest BCUT2D eigenvalue weighted by molar-refractivity contribution is 0.696. The van der Waals surface area contributed by atoms with Gasteiger partial charge in [0.05, 0.1) is 5.41 Å². The molecule has 0 heterocycles. The molecule has 0 amide bonds. The fourth-order valence-corrected chi connectivity index (χ4v) is 8.20. The zero-order valence-corrected chi connectivity index (χ0v) is 27.9. The molecular formula is C49H37N. The summed E-state index contributed by atoms with van der Waals surface area (Å²) < 4.78 is 0. The second-order valence-electron chi connectivity index (χ2n) is 13.2. The monoisotopic (exact) mass is 639 g/mol. The predicted octanol–water partition coefficient (Wildman–Crippen LogP) is 12.9. The Morgan fingerprint density at radius 1 is 0.400 bits per heavy atom. The highest BCUT2D eigenvalue weighted by Crippen LogP contribution is 2.57. The third kappa shape index (κ3) is 5.02. The van der Waals surface area contributed by atoms with Gasteiger partial charge in [0.1, 0.15) is 0 Å². The Hall–Kier alpha value is -6.18. The van der Waals surface area contributed by atoms with Crippen molar-refractivity contribution in [3.8, 4) is 22.3 Å². The number of benzene rings is 7. The van der Waals surface area contributed by atoms with Gasteiger partial charge in [-0.2, -0.15) is 0 Å². The number of allylic oxidation sites excluding steroid dienone is 4. The van der Waals surface area contributed by atoms with Crippen molar-refractivity contribution >= 4 is 22.6 Å². The lowest BCUT2D eigenvalue weighted by Gasteiger charge is -2.36. The maximum atomic E-state index is 2.37. The summed E-state index contributed by atoms with van der Waals surface area (Å²) in [7, 11) is 0. The molecule has 7 aromatic carbocycles. The standard InChI is InChI=1S/C49H37N/c1-4-14-36(15-5-1)38-26-32-43(33-27-38)50(42-18-8-3-9-19-42)44-34-28-39(29-35-44)37-24-30-41(31-25-37)49(40-16-6-2-7-17-40)47-22-12-10-20-45(47)46-21-11-13-23-48(46)49/h1-12,14-22,24-35H,13,23H2. The van der Waals surface area contributed by atoms with E-state index in [1.807, 2.05) is 0 Å². The van der Waals surface area contributed by atoms with E-state index in [0.29, 0.717) is 0 Å². The molecule has 7 aromatic rings. The number of rotatable bonds is 7. The smallest absolute Gasteiger partial charge is 0.0676 e. The summed E-state index contributed by atoms with van der Waals surface area (Å²) in [4.78, 5) is 2.33. The first-order valence-electron chi connectivity index (χ1n) is 17.6. The van der Waals surface area contributed by atoms with Crippen LogP contribution in [-0.4, -0.2) is 0 Å². The Bertz CT molecular complexity index is 2320. The topological polar surface area (TPSA) is 3.24 Å². The molecule has 238 valence electrons. The molecule has 9 rings (SSSR count). The van der Waals surface area contributed by atoms with E-state index in [0.717, 1.165) is 29.9 Å². The lowest BCUT2D eigenvalue weighted by atomic mass is 9.65. The van der Waals surface area contributed by atoms with Crippen molar-refractivity contribution in [3.63, 3.8) is 0 Å². The van der Waals surface area contributed by atoms with E-state index in [9.17, 15) is 0 Å². The average molecular weight is 640 g/mol. The summed E-state index contributed by atoms with van der Waals surface area (Å²) in [6.07, 6.45) is 6.82. The van der Waals surface area contributed by atoms with Crippen LogP contribution >= 0.6 is 0 Å². The molecule has 0 aliphatic heterocycles. The maximum absolute atomic E-state index is 2.37. The highest BCUT2D eigenvalue weighted by molar-refractivity contribution is 5.91. The van der Waals surface area contributed by atoms with Gasteiger partial charge in [-0.1, -0.05) is 164 Å². The van der Waals surface area contributed by atoms with Crippen LogP contribution in [-0.2, 0) is 5.41 Å². The Morgan fingerprint density at radius 3 is 1.48 bits per heavy atom. The van der Waals surface area contributed by atoms with Crippen molar-refractivity contribution < 1.29 is 0 Å². The van der Waals surface area contributed by atoms with Crippen molar-refractivity contribution in [1.82, 2.24) is 0 Å². The number of para-hydroxylation sites is 1. The molecule has 2 aliphatic rings. The fourth-order valence-electron chi connectivity index (χ4n) is 8.20. The molecule has 1 heteroatoms. The molecule has 0 fully saturated rings. The van der Waals surface area contributed by atoms with Crippen LogP contribution in [0.3, 0.4) is 0 Å². The minimum Gasteiger partial charge on any atom is -0.311 e. The first kappa shape index (κ1) is 29.9. The zero-order valence-electron chi connectivity index (χ0n) is 27.9. The molecule has 1 atom stereocenters. The van der Waals surface area contributed by atoms with Gasteiger partial charge in [0.2, 0.25) is 0 Å². The quantitative estimate of drug-likeness (QED) is 0.168. The average Bonchev–Trinajstić information content (AvgIpc) is 3.51. The van der Waals surface area contributed by atoms with E-state index in [1.165, 1.54) is 55.7 Å². The summed E-state index contributed by atoms with van der Waals surface area (Å²) in [5.41, 5.74) is 16.3. The Kier molecular flexibility index (Phi) is 7.59. The molecule has 0 N–H and O–H groups in total. The first-order valence-corrected chi connectivity index (χ1v) is 17.6. The van der Waals surface area contributed by atoms with Gasteiger partial charge in [0, 0.05) is 17.1 Å². The van der Waals surface area contributed by atoms with E-state index >= 15 is 0 Å². The van der Waals surface area contributed by atoms with Crippen molar-refractivity contribution in [2.75, 3.05) is 4.90 Å². The van der Waals surface area contributed by atoms with E-state index in [-0.39, 0.29) is 5.41 Å². The second-order valence-corrected chi connectivity index (χ2v) is 13.2. The molecule has 0 radical (unpaired) electrons. The number of fused-ring (bicyclic) bond motifs is 2. The minimum absolute atomic E-state index is 0.299. The Morgan fingerprint density at radius 2 is 0.860 bits per heavy atom. The van der Waals surface area contributed by atoms with E-state index in [1.54, 1.807) is 0 Å². The number of hydrogen-bond acceptors (Lipinski definition) is 1. The summed E-state index contributed by atoms with van der Waals surface area (Å²) in [5.74, 6) is 0. The van der Waals surface area contributed by atoms with Crippen LogP contribution in [0.2, 0.25) is 0 Å². The molecule has 0 spiro atoms. The number of hydrogen-bond donors (Lipinski definition) is 0. The van der Waals surface area contributed by atoms with Crippen LogP contribution in [0, 0.1) is 0 Å². The molecule has 2 aliphatic carbocycles.